The van der Waals surface area contributed by atoms with E-state index in [0.29, 0.717) is 16.5 Å². The highest BCUT2D eigenvalue weighted by Crippen LogP contribution is 2.45. The predicted octanol–water partition coefficient (Wildman–Crippen LogP) is 6.40. The minimum atomic E-state index is -0.428. The summed E-state index contributed by atoms with van der Waals surface area (Å²) in [6, 6.07) is 10.1. The maximum Gasteiger partial charge on any atom is 0.294 e. The zero-order valence-electron chi connectivity index (χ0n) is 22.2. The molecule has 0 aliphatic carbocycles. The quantitative estimate of drug-likeness (QED) is 0.476. The van der Waals surface area contributed by atoms with Crippen molar-refractivity contribution in [1.82, 2.24) is 4.90 Å². The summed E-state index contributed by atoms with van der Waals surface area (Å²) in [5, 5.41) is 2.39. The van der Waals surface area contributed by atoms with E-state index < -0.39 is 17.1 Å². The Morgan fingerprint density at radius 3 is 2.53 bits per heavy atom. The number of aryl methyl sites for hydroxylation is 3. The zero-order chi connectivity index (χ0) is 26.4. The van der Waals surface area contributed by atoms with Gasteiger partial charge in [0.2, 0.25) is 5.91 Å². The van der Waals surface area contributed by atoms with Crippen LogP contribution in [0.1, 0.15) is 67.9 Å². The van der Waals surface area contributed by atoms with Gasteiger partial charge in [0.1, 0.15) is 6.54 Å². The first-order valence-electron chi connectivity index (χ1n) is 12.5. The zero-order valence-corrected chi connectivity index (χ0v) is 23.0. The molecule has 0 bridgehead atoms. The van der Waals surface area contributed by atoms with Crippen molar-refractivity contribution in [2.75, 3.05) is 23.3 Å². The lowest BCUT2D eigenvalue weighted by atomic mass is 9.79. The summed E-state index contributed by atoms with van der Waals surface area (Å²) < 4.78 is 0. The summed E-state index contributed by atoms with van der Waals surface area (Å²) in [6.07, 6.45) is 2.84. The normalized spacial score (nSPS) is 20.2. The van der Waals surface area contributed by atoms with Gasteiger partial charge in [-0.3, -0.25) is 19.3 Å². The van der Waals surface area contributed by atoms with Gasteiger partial charge in [0.25, 0.3) is 11.1 Å². The third-order valence-corrected chi connectivity index (χ3v) is 8.11. The van der Waals surface area contributed by atoms with Crippen LogP contribution in [0, 0.1) is 20.8 Å². The number of nitrogens with zero attached hydrogens (tertiary/aromatic N) is 2. The molecule has 1 N–H and O–H groups in total. The summed E-state index contributed by atoms with van der Waals surface area (Å²) in [7, 11) is 0. The molecule has 2 aliphatic heterocycles. The molecule has 0 spiro atoms. The van der Waals surface area contributed by atoms with Crippen molar-refractivity contribution < 1.29 is 14.4 Å². The highest BCUT2D eigenvalue weighted by molar-refractivity contribution is 8.18. The Bertz CT molecular complexity index is 1280. The highest BCUT2D eigenvalue weighted by atomic mass is 32.2. The number of thioether (sulfide) groups is 1. The molecule has 6 nitrogen and oxygen atoms in total. The van der Waals surface area contributed by atoms with Crippen LogP contribution in [-0.2, 0) is 9.59 Å². The predicted molar refractivity (Wildman–Crippen MR) is 149 cm³/mol. The van der Waals surface area contributed by atoms with Crippen LogP contribution >= 0.6 is 11.8 Å². The van der Waals surface area contributed by atoms with E-state index in [1.807, 2.05) is 39.0 Å². The maximum absolute atomic E-state index is 13.1. The van der Waals surface area contributed by atoms with Gasteiger partial charge in [-0.05, 0) is 112 Å². The summed E-state index contributed by atoms with van der Waals surface area (Å²) in [6.45, 7) is 15.5. The van der Waals surface area contributed by atoms with Crippen LogP contribution in [-0.4, -0.2) is 40.6 Å². The second-order valence-corrected chi connectivity index (χ2v) is 11.6. The van der Waals surface area contributed by atoms with Crippen molar-refractivity contribution in [1.29, 1.82) is 0 Å². The number of carbonyl (C=O) groups excluding carboxylic acids is 3. The molecular weight excluding hydrogens is 470 g/mol. The molecule has 0 saturated carbocycles. The number of carbonyl (C=O) groups is 3. The molecule has 190 valence electrons. The third kappa shape index (κ3) is 4.94. The lowest BCUT2D eigenvalue weighted by Crippen LogP contribution is -2.48. The van der Waals surface area contributed by atoms with Crippen LogP contribution in [0.2, 0.25) is 0 Å². The van der Waals surface area contributed by atoms with Crippen molar-refractivity contribution in [3.63, 3.8) is 0 Å². The minimum Gasteiger partial charge on any atom is -0.366 e. The maximum atomic E-state index is 13.1. The van der Waals surface area contributed by atoms with Crippen LogP contribution in [0.25, 0.3) is 6.08 Å². The summed E-state index contributed by atoms with van der Waals surface area (Å²) in [5.41, 5.74) is 7.27. The summed E-state index contributed by atoms with van der Waals surface area (Å²) in [5.74, 6) is -0.441. The van der Waals surface area contributed by atoms with Gasteiger partial charge in [-0.2, -0.15) is 0 Å². The van der Waals surface area contributed by atoms with Crippen LogP contribution < -0.4 is 10.2 Å². The van der Waals surface area contributed by atoms with E-state index in [2.05, 4.69) is 50.0 Å². The Labute approximate surface area is 218 Å². The van der Waals surface area contributed by atoms with E-state index in [0.717, 1.165) is 51.9 Å². The van der Waals surface area contributed by atoms with Gasteiger partial charge in [-0.1, -0.05) is 24.6 Å². The van der Waals surface area contributed by atoms with E-state index in [4.69, 9.17) is 0 Å². The number of benzene rings is 2. The topological polar surface area (TPSA) is 69.7 Å². The summed E-state index contributed by atoms with van der Waals surface area (Å²) >= 11 is 0.890. The van der Waals surface area contributed by atoms with Gasteiger partial charge < -0.3 is 10.2 Å². The first kappa shape index (κ1) is 26.0. The van der Waals surface area contributed by atoms with Crippen molar-refractivity contribution in [3.05, 3.63) is 63.1 Å². The van der Waals surface area contributed by atoms with Gasteiger partial charge in [0, 0.05) is 23.5 Å². The first-order valence-corrected chi connectivity index (χ1v) is 13.3. The molecule has 2 aromatic rings. The van der Waals surface area contributed by atoms with Crippen molar-refractivity contribution in [2.45, 2.75) is 66.3 Å². The molecule has 1 atom stereocenters. The Hall–Kier alpha value is -3.06. The van der Waals surface area contributed by atoms with E-state index in [9.17, 15) is 14.4 Å². The second kappa shape index (κ2) is 9.77. The molecule has 1 unspecified atom stereocenters. The van der Waals surface area contributed by atoms with E-state index in [1.165, 1.54) is 11.3 Å². The molecule has 4 rings (SSSR count). The Morgan fingerprint density at radius 1 is 1.14 bits per heavy atom. The lowest BCUT2D eigenvalue weighted by Gasteiger charge is -2.47. The molecule has 0 radical (unpaired) electrons. The fourth-order valence-corrected chi connectivity index (χ4v) is 6.30. The molecule has 2 aromatic carbocycles. The van der Waals surface area contributed by atoms with Crippen molar-refractivity contribution >= 4 is 46.3 Å². The van der Waals surface area contributed by atoms with Crippen LogP contribution in [0.5, 0.6) is 0 Å². The molecule has 2 aliphatic rings. The standard InChI is InChI=1S/C29H35N3O3S/c1-8-32-24-12-18(3)21(13-22(24)20(5)15-29(32,6)7)14-25-27(34)31(28(35)36-25)16-26(33)30-23-10-9-17(2)11-19(23)4/h9-14,20H,8,15-16H2,1-7H3,(H,30,33)/b25-14-. The molecule has 3 amide bonds. The number of nitrogens with one attached hydrogen (secondary N) is 1. The molecule has 2 heterocycles. The number of amides is 3. The average molecular weight is 506 g/mol. The molecule has 36 heavy (non-hydrogen) atoms. The van der Waals surface area contributed by atoms with Gasteiger partial charge in [0.15, 0.2) is 0 Å². The van der Waals surface area contributed by atoms with E-state index in [1.54, 1.807) is 6.08 Å². The van der Waals surface area contributed by atoms with E-state index >= 15 is 0 Å². The van der Waals surface area contributed by atoms with Gasteiger partial charge in [-0.25, -0.2) is 0 Å². The van der Waals surface area contributed by atoms with Crippen molar-refractivity contribution in [2.24, 2.45) is 0 Å². The molecular formula is C29H35N3O3S. The van der Waals surface area contributed by atoms with Crippen LogP contribution in [0.15, 0.2) is 35.2 Å². The average Bonchev–Trinajstić information content (AvgIpc) is 3.04. The van der Waals surface area contributed by atoms with Gasteiger partial charge in [-0.15, -0.1) is 0 Å². The smallest absolute Gasteiger partial charge is 0.294 e. The third-order valence-electron chi connectivity index (χ3n) is 7.21. The monoisotopic (exact) mass is 505 g/mol. The SMILES string of the molecule is CCN1c2cc(C)c(/C=C3\SC(=O)N(CC(=O)Nc4ccc(C)cc4C)C3=O)cc2C(C)CC1(C)C. The molecule has 7 heteroatoms. The molecule has 1 fully saturated rings. The fourth-order valence-electron chi connectivity index (χ4n) is 5.47. The minimum absolute atomic E-state index is 0.0788. The lowest BCUT2D eigenvalue weighted by molar-refractivity contribution is -0.127. The summed E-state index contributed by atoms with van der Waals surface area (Å²) in [4.78, 5) is 42.2. The molecule has 1 saturated heterocycles. The second-order valence-electron chi connectivity index (χ2n) is 10.6. The van der Waals surface area contributed by atoms with Gasteiger partial charge >= 0.3 is 0 Å². The fraction of sp³-hybridized carbons (Fsp3) is 0.414. The largest absolute Gasteiger partial charge is 0.366 e. The van der Waals surface area contributed by atoms with Crippen LogP contribution in [0.4, 0.5) is 16.2 Å². The Kier molecular flexibility index (Phi) is 7.06. The highest BCUT2D eigenvalue weighted by Gasteiger charge is 2.38. The number of fused-ring (bicyclic) bond motifs is 1. The number of hydrogen-bond acceptors (Lipinski definition) is 5. The number of imide groups is 1. The van der Waals surface area contributed by atoms with E-state index in [-0.39, 0.29) is 12.1 Å². The first-order chi connectivity index (χ1) is 16.9. The molecule has 0 aromatic heterocycles. The van der Waals surface area contributed by atoms with Crippen molar-refractivity contribution in [3.8, 4) is 0 Å². The van der Waals surface area contributed by atoms with Crippen LogP contribution in [0.3, 0.4) is 0 Å². The number of anilines is 2. The number of rotatable bonds is 5. The Morgan fingerprint density at radius 2 is 1.86 bits per heavy atom. The van der Waals surface area contributed by atoms with Gasteiger partial charge in [0.05, 0.1) is 4.91 Å². The Balaban J connectivity index is 1.55. The number of hydrogen-bond donors (Lipinski definition) is 1.